The molecule has 0 saturated heterocycles. The maximum absolute atomic E-state index is 6.00. The summed E-state index contributed by atoms with van der Waals surface area (Å²) in [6.45, 7) is 6.91. The summed E-state index contributed by atoms with van der Waals surface area (Å²) in [5.74, 6) is 1.37. The van der Waals surface area contributed by atoms with Crippen molar-refractivity contribution in [1.29, 1.82) is 0 Å². The molecule has 0 aliphatic carbocycles. The molecule has 1 N–H and O–H groups in total. The molecule has 1 heterocycles. The van der Waals surface area contributed by atoms with Gasteiger partial charge in [0.05, 0.1) is 0 Å². The molecular weight excluding hydrogens is 250 g/mol. The summed E-state index contributed by atoms with van der Waals surface area (Å²) in [6.07, 6.45) is 3.13. The van der Waals surface area contributed by atoms with E-state index in [9.17, 15) is 0 Å². The Bertz CT molecular complexity index is 372. The van der Waals surface area contributed by atoms with Gasteiger partial charge in [-0.2, -0.15) is 0 Å². The molecule has 0 spiro atoms. The Balaban J connectivity index is 2.95. The largest absolute Gasteiger partial charge is 0.377 e. The number of hydrogen-bond donors (Lipinski definition) is 1. The molecule has 18 heavy (non-hydrogen) atoms. The van der Waals surface area contributed by atoms with Crippen LogP contribution >= 0.6 is 11.6 Å². The van der Waals surface area contributed by atoms with Crippen molar-refractivity contribution in [3.63, 3.8) is 0 Å². The van der Waals surface area contributed by atoms with Crippen molar-refractivity contribution < 1.29 is 4.74 Å². The second-order valence-electron chi connectivity index (χ2n) is 4.39. The van der Waals surface area contributed by atoms with Gasteiger partial charge in [0.1, 0.15) is 17.6 Å². The zero-order chi connectivity index (χ0) is 13.6. The molecule has 0 unspecified atom stereocenters. The summed E-state index contributed by atoms with van der Waals surface area (Å²) < 4.78 is 5.04. The summed E-state index contributed by atoms with van der Waals surface area (Å²) in [4.78, 5) is 8.54. The van der Waals surface area contributed by atoms with Gasteiger partial charge in [-0.3, -0.25) is 0 Å². The highest BCUT2D eigenvalue weighted by Crippen LogP contribution is 2.25. The highest BCUT2D eigenvalue weighted by atomic mass is 35.5. The monoisotopic (exact) mass is 271 g/mol. The Hall–Kier alpha value is -0.870. The molecule has 0 fully saturated rings. The normalized spacial score (nSPS) is 11.6. The second kappa shape index (κ2) is 6.90. The van der Waals surface area contributed by atoms with Crippen LogP contribution in [0.1, 0.15) is 45.9 Å². The number of ether oxygens (including phenoxy) is 1. The average Bonchev–Trinajstić information content (AvgIpc) is 2.36. The van der Waals surface area contributed by atoms with Crippen molar-refractivity contribution in [3.05, 3.63) is 17.0 Å². The van der Waals surface area contributed by atoms with E-state index in [0.717, 1.165) is 25.1 Å². The van der Waals surface area contributed by atoms with Crippen LogP contribution in [-0.2, 0) is 11.3 Å². The van der Waals surface area contributed by atoms with Crippen molar-refractivity contribution in [2.75, 3.05) is 12.4 Å². The van der Waals surface area contributed by atoms with Gasteiger partial charge in [0.15, 0.2) is 5.82 Å². The lowest BCUT2D eigenvalue weighted by atomic mass is 9.90. The van der Waals surface area contributed by atoms with Gasteiger partial charge < -0.3 is 10.1 Å². The van der Waals surface area contributed by atoms with Crippen LogP contribution in [-0.4, -0.2) is 22.6 Å². The third-order valence-electron chi connectivity index (χ3n) is 3.44. The lowest BCUT2D eigenvalue weighted by molar-refractivity contribution is 0.178. The SMILES string of the molecule is CCC(CC)(CC)Nc1cc(Cl)nc(COC)n1. The van der Waals surface area contributed by atoms with E-state index in [4.69, 9.17) is 16.3 Å². The molecule has 0 aliphatic rings. The molecule has 0 atom stereocenters. The first-order valence-corrected chi connectivity index (χ1v) is 6.77. The third kappa shape index (κ3) is 3.82. The van der Waals surface area contributed by atoms with Crippen molar-refractivity contribution in [2.24, 2.45) is 0 Å². The molecule has 0 saturated carbocycles. The van der Waals surface area contributed by atoms with Gasteiger partial charge in [0.2, 0.25) is 0 Å². The number of methoxy groups -OCH3 is 1. The highest BCUT2D eigenvalue weighted by molar-refractivity contribution is 6.29. The molecule has 0 aliphatic heterocycles. The fraction of sp³-hybridized carbons (Fsp3) is 0.692. The second-order valence-corrected chi connectivity index (χ2v) is 4.78. The number of nitrogens with one attached hydrogen (secondary N) is 1. The lowest BCUT2D eigenvalue weighted by Gasteiger charge is -2.32. The molecule has 0 aromatic carbocycles. The quantitative estimate of drug-likeness (QED) is 0.769. The van der Waals surface area contributed by atoms with Gasteiger partial charge in [-0.25, -0.2) is 9.97 Å². The van der Waals surface area contributed by atoms with E-state index < -0.39 is 0 Å². The summed E-state index contributed by atoms with van der Waals surface area (Å²) in [5, 5.41) is 3.93. The molecular formula is C13H22ClN3O. The molecule has 0 bridgehead atoms. The lowest BCUT2D eigenvalue weighted by Crippen LogP contribution is -2.36. The van der Waals surface area contributed by atoms with Gasteiger partial charge >= 0.3 is 0 Å². The molecule has 0 amide bonds. The Morgan fingerprint density at radius 3 is 2.33 bits per heavy atom. The van der Waals surface area contributed by atoms with E-state index in [-0.39, 0.29) is 5.54 Å². The Labute approximate surface area is 114 Å². The summed E-state index contributed by atoms with van der Waals surface area (Å²) in [6, 6.07) is 1.76. The van der Waals surface area contributed by atoms with Crippen molar-refractivity contribution in [2.45, 2.75) is 52.2 Å². The van der Waals surface area contributed by atoms with E-state index in [1.165, 1.54) is 0 Å². The number of halogens is 1. The Morgan fingerprint density at radius 2 is 1.83 bits per heavy atom. The van der Waals surface area contributed by atoms with Crippen LogP contribution in [0.15, 0.2) is 6.07 Å². The summed E-state index contributed by atoms with van der Waals surface area (Å²) in [5.41, 5.74) is 0.0715. The number of nitrogens with zero attached hydrogens (tertiary/aromatic N) is 2. The minimum absolute atomic E-state index is 0.0715. The van der Waals surface area contributed by atoms with E-state index >= 15 is 0 Å². The first-order valence-electron chi connectivity index (χ1n) is 6.39. The average molecular weight is 272 g/mol. The highest BCUT2D eigenvalue weighted by Gasteiger charge is 2.24. The number of aromatic nitrogens is 2. The van der Waals surface area contributed by atoms with Gasteiger partial charge in [0.25, 0.3) is 0 Å². The molecule has 4 nitrogen and oxygen atoms in total. The number of rotatable bonds is 7. The first kappa shape index (κ1) is 15.2. The number of anilines is 1. The fourth-order valence-corrected chi connectivity index (χ4v) is 2.21. The van der Waals surface area contributed by atoms with E-state index in [1.807, 2.05) is 0 Å². The predicted octanol–water partition coefficient (Wildman–Crippen LogP) is 3.66. The topological polar surface area (TPSA) is 47.0 Å². The zero-order valence-corrected chi connectivity index (χ0v) is 12.3. The van der Waals surface area contributed by atoms with Gasteiger partial charge in [-0.15, -0.1) is 0 Å². The fourth-order valence-electron chi connectivity index (χ4n) is 2.01. The van der Waals surface area contributed by atoms with Crippen LogP contribution in [0.25, 0.3) is 0 Å². The number of hydrogen-bond acceptors (Lipinski definition) is 4. The van der Waals surface area contributed by atoms with Gasteiger partial charge in [-0.05, 0) is 19.3 Å². The molecule has 5 heteroatoms. The van der Waals surface area contributed by atoms with Crippen molar-refractivity contribution >= 4 is 17.4 Å². The van der Waals surface area contributed by atoms with E-state index in [2.05, 4.69) is 36.1 Å². The summed E-state index contributed by atoms with van der Waals surface area (Å²) in [7, 11) is 1.62. The van der Waals surface area contributed by atoms with Crippen LogP contribution in [0, 0.1) is 0 Å². The third-order valence-corrected chi connectivity index (χ3v) is 3.63. The smallest absolute Gasteiger partial charge is 0.158 e. The van der Waals surface area contributed by atoms with Crippen LogP contribution in [0.4, 0.5) is 5.82 Å². The molecule has 1 aromatic rings. The Kier molecular flexibility index (Phi) is 5.82. The molecule has 1 aromatic heterocycles. The molecule has 1 rings (SSSR count). The maximum atomic E-state index is 6.00. The van der Waals surface area contributed by atoms with Crippen LogP contribution < -0.4 is 5.32 Å². The van der Waals surface area contributed by atoms with Crippen molar-refractivity contribution in [3.8, 4) is 0 Å². The van der Waals surface area contributed by atoms with Crippen LogP contribution in [0.3, 0.4) is 0 Å². The van der Waals surface area contributed by atoms with Crippen LogP contribution in [0.2, 0.25) is 5.15 Å². The van der Waals surface area contributed by atoms with Gasteiger partial charge in [0, 0.05) is 18.7 Å². The predicted molar refractivity (Wildman–Crippen MR) is 75.0 cm³/mol. The molecule has 102 valence electrons. The first-order chi connectivity index (χ1) is 8.59. The molecule has 0 radical (unpaired) electrons. The standard InChI is InChI=1S/C13H22ClN3O/c1-5-13(6-2,7-3)17-11-8-10(14)15-12(16-11)9-18-4/h8H,5-7,9H2,1-4H3,(H,15,16,17). The minimum Gasteiger partial charge on any atom is -0.377 e. The van der Waals surface area contributed by atoms with Crippen LogP contribution in [0.5, 0.6) is 0 Å². The Morgan fingerprint density at radius 1 is 1.22 bits per heavy atom. The minimum atomic E-state index is 0.0715. The van der Waals surface area contributed by atoms with E-state index in [1.54, 1.807) is 13.2 Å². The maximum Gasteiger partial charge on any atom is 0.158 e. The van der Waals surface area contributed by atoms with E-state index in [0.29, 0.717) is 17.6 Å². The van der Waals surface area contributed by atoms with Crippen molar-refractivity contribution in [1.82, 2.24) is 9.97 Å². The summed E-state index contributed by atoms with van der Waals surface area (Å²) >= 11 is 6.00. The zero-order valence-electron chi connectivity index (χ0n) is 11.6. The van der Waals surface area contributed by atoms with Gasteiger partial charge in [-0.1, -0.05) is 32.4 Å².